The molecule has 1 aromatic rings. The van der Waals surface area contributed by atoms with E-state index < -0.39 is 0 Å². The molecule has 3 unspecified atom stereocenters. The second-order valence-corrected chi connectivity index (χ2v) is 8.07. The summed E-state index contributed by atoms with van der Waals surface area (Å²) in [6, 6.07) is 8.55. The fourth-order valence-electron chi connectivity index (χ4n) is 4.61. The van der Waals surface area contributed by atoms with Gasteiger partial charge in [-0.3, -0.25) is 4.99 Å². The molecule has 2 N–H and O–H groups in total. The number of nitrogens with one attached hydrogen (secondary N) is 2. The first-order valence-corrected chi connectivity index (χ1v) is 10.0. The quantitative estimate of drug-likeness (QED) is 0.625. The Balaban J connectivity index is 1.45. The summed E-state index contributed by atoms with van der Waals surface area (Å²) in [7, 11) is 1.83. The van der Waals surface area contributed by atoms with E-state index in [0.29, 0.717) is 18.2 Å². The van der Waals surface area contributed by atoms with Gasteiger partial charge in [-0.15, -0.1) is 0 Å². The molecular weight excluding hydrogens is 350 g/mol. The van der Waals surface area contributed by atoms with Crippen molar-refractivity contribution >= 4 is 17.6 Å². The Hall–Kier alpha value is -1.30. The minimum Gasteiger partial charge on any atom is -0.381 e. The zero-order valence-electron chi connectivity index (χ0n) is 15.3. The van der Waals surface area contributed by atoms with Crippen LogP contribution in [0.5, 0.6) is 0 Å². The molecule has 4 rings (SSSR count). The summed E-state index contributed by atoms with van der Waals surface area (Å²) in [5.41, 5.74) is 1.18. The van der Waals surface area contributed by atoms with E-state index in [0.717, 1.165) is 56.4 Å². The zero-order valence-corrected chi connectivity index (χ0v) is 16.1. The van der Waals surface area contributed by atoms with Gasteiger partial charge in [-0.25, -0.2) is 0 Å². The van der Waals surface area contributed by atoms with E-state index in [-0.39, 0.29) is 5.41 Å². The third-order valence-electron chi connectivity index (χ3n) is 6.14. The summed E-state index contributed by atoms with van der Waals surface area (Å²) in [5.74, 6) is 0.851. The first-order valence-electron chi connectivity index (χ1n) is 9.66. The Morgan fingerprint density at radius 2 is 2.08 bits per heavy atom. The monoisotopic (exact) mass is 377 g/mol. The summed E-state index contributed by atoms with van der Waals surface area (Å²) in [6.07, 6.45) is 6.11. The Morgan fingerprint density at radius 1 is 1.27 bits per heavy atom. The summed E-state index contributed by atoms with van der Waals surface area (Å²) >= 11 is 6.55. The maximum atomic E-state index is 6.55. The van der Waals surface area contributed by atoms with Gasteiger partial charge in [0.25, 0.3) is 0 Å². The molecule has 3 fully saturated rings. The van der Waals surface area contributed by atoms with Crippen LogP contribution in [-0.2, 0) is 14.9 Å². The van der Waals surface area contributed by atoms with Crippen LogP contribution in [0.3, 0.4) is 0 Å². The lowest BCUT2D eigenvalue weighted by atomic mass is 9.74. The van der Waals surface area contributed by atoms with Crippen LogP contribution in [-0.4, -0.2) is 51.0 Å². The molecule has 0 spiro atoms. The Kier molecular flexibility index (Phi) is 5.39. The molecule has 3 saturated heterocycles. The highest BCUT2D eigenvalue weighted by molar-refractivity contribution is 6.31. The number of ether oxygens (including phenoxy) is 2. The third kappa shape index (κ3) is 3.57. The molecule has 3 atom stereocenters. The summed E-state index contributed by atoms with van der Waals surface area (Å²) < 4.78 is 11.6. The third-order valence-corrected chi connectivity index (χ3v) is 6.47. The fraction of sp³-hybridized carbons (Fsp3) is 0.650. The van der Waals surface area contributed by atoms with Crippen molar-refractivity contribution in [1.82, 2.24) is 10.6 Å². The second kappa shape index (κ2) is 7.75. The predicted octanol–water partition coefficient (Wildman–Crippen LogP) is 2.87. The van der Waals surface area contributed by atoms with E-state index in [1.807, 2.05) is 19.2 Å². The molecular formula is C20H28ClN3O2. The largest absolute Gasteiger partial charge is 0.381 e. The van der Waals surface area contributed by atoms with Gasteiger partial charge >= 0.3 is 0 Å². The average Bonchev–Trinajstić information content (AvgIpc) is 3.29. The molecule has 3 aliphatic heterocycles. The van der Waals surface area contributed by atoms with Crippen molar-refractivity contribution in [2.75, 3.05) is 26.8 Å². The van der Waals surface area contributed by atoms with Crippen LogP contribution in [0.4, 0.5) is 0 Å². The van der Waals surface area contributed by atoms with Crippen molar-refractivity contribution < 1.29 is 9.47 Å². The van der Waals surface area contributed by atoms with Crippen molar-refractivity contribution in [2.45, 2.75) is 55.8 Å². The van der Waals surface area contributed by atoms with E-state index in [2.05, 4.69) is 27.8 Å². The lowest BCUT2D eigenvalue weighted by molar-refractivity contribution is 0.0514. The number of fused-ring (bicyclic) bond motifs is 2. The van der Waals surface area contributed by atoms with Crippen LogP contribution >= 0.6 is 11.6 Å². The van der Waals surface area contributed by atoms with Crippen LogP contribution in [0.15, 0.2) is 29.3 Å². The highest BCUT2D eigenvalue weighted by Crippen LogP contribution is 2.38. The van der Waals surface area contributed by atoms with Gasteiger partial charge < -0.3 is 20.1 Å². The Labute approximate surface area is 160 Å². The normalized spacial score (nSPS) is 30.4. The number of aliphatic imine (C=N–C) groups is 1. The average molecular weight is 378 g/mol. The van der Waals surface area contributed by atoms with Gasteiger partial charge in [0, 0.05) is 37.2 Å². The lowest BCUT2D eigenvalue weighted by Crippen LogP contribution is -2.52. The number of hydrogen-bond donors (Lipinski definition) is 2. The van der Waals surface area contributed by atoms with Crippen LogP contribution in [0, 0.1) is 0 Å². The zero-order chi connectivity index (χ0) is 18.0. The number of hydrogen-bond acceptors (Lipinski definition) is 3. The molecule has 3 aliphatic rings. The van der Waals surface area contributed by atoms with Crippen molar-refractivity contribution in [2.24, 2.45) is 4.99 Å². The van der Waals surface area contributed by atoms with Gasteiger partial charge in [-0.2, -0.15) is 0 Å². The molecule has 3 heterocycles. The number of nitrogens with zero attached hydrogens (tertiary/aromatic N) is 1. The topological polar surface area (TPSA) is 54.9 Å². The highest BCUT2D eigenvalue weighted by Gasteiger charge is 2.41. The van der Waals surface area contributed by atoms with E-state index in [9.17, 15) is 0 Å². The summed E-state index contributed by atoms with van der Waals surface area (Å²) in [6.45, 7) is 2.32. The molecule has 6 heteroatoms. The molecule has 0 amide bonds. The predicted molar refractivity (Wildman–Crippen MR) is 104 cm³/mol. The first kappa shape index (κ1) is 18.1. The molecule has 2 bridgehead atoms. The van der Waals surface area contributed by atoms with Gasteiger partial charge in [-0.05, 0) is 43.7 Å². The highest BCUT2D eigenvalue weighted by atomic mass is 35.5. The van der Waals surface area contributed by atoms with Gasteiger partial charge in [0.2, 0.25) is 0 Å². The van der Waals surface area contributed by atoms with Crippen molar-refractivity contribution in [3.05, 3.63) is 34.9 Å². The maximum absolute atomic E-state index is 6.55. The molecule has 0 radical (unpaired) electrons. The standard InChI is InChI=1S/C20H28ClN3O2/c1-22-19(24-17-12-14-6-7-18(17)26-14)23-13-20(8-10-25-11-9-20)15-4-2-3-5-16(15)21/h2-5,14,17-18H,6-13H2,1H3,(H2,22,23,24). The van der Waals surface area contributed by atoms with Crippen LogP contribution < -0.4 is 10.6 Å². The minimum absolute atomic E-state index is 0.0284. The molecule has 0 saturated carbocycles. The summed E-state index contributed by atoms with van der Waals surface area (Å²) in [5, 5.41) is 7.96. The maximum Gasteiger partial charge on any atom is 0.191 e. The van der Waals surface area contributed by atoms with Gasteiger partial charge in [-0.1, -0.05) is 29.8 Å². The van der Waals surface area contributed by atoms with E-state index in [4.69, 9.17) is 21.1 Å². The second-order valence-electron chi connectivity index (χ2n) is 7.66. The van der Waals surface area contributed by atoms with E-state index >= 15 is 0 Å². The van der Waals surface area contributed by atoms with Gasteiger partial charge in [0.1, 0.15) is 0 Å². The van der Waals surface area contributed by atoms with Crippen LogP contribution in [0.2, 0.25) is 5.02 Å². The van der Waals surface area contributed by atoms with Gasteiger partial charge in [0.15, 0.2) is 5.96 Å². The number of halogens is 1. The molecule has 0 aliphatic carbocycles. The Morgan fingerprint density at radius 3 is 2.73 bits per heavy atom. The fourth-order valence-corrected chi connectivity index (χ4v) is 4.94. The number of benzene rings is 1. The van der Waals surface area contributed by atoms with E-state index in [1.165, 1.54) is 12.0 Å². The minimum atomic E-state index is -0.0284. The molecule has 1 aromatic carbocycles. The molecule has 142 valence electrons. The first-order chi connectivity index (χ1) is 12.7. The van der Waals surface area contributed by atoms with Crippen molar-refractivity contribution in [1.29, 1.82) is 0 Å². The van der Waals surface area contributed by atoms with Crippen molar-refractivity contribution in [3.8, 4) is 0 Å². The lowest BCUT2D eigenvalue weighted by Gasteiger charge is -2.39. The smallest absolute Gasteiger partial charge is 0.191 e. The van der Waals surface area contributed by atoms with Crippen LogP contribution in [0.1, 0.15) is 37.7 Å². The molecule has 0 aromatic heterocycles. The van der Waals surface area contributed by atoms with E-state index in [1.54, 1.807) is 0 Å². The molecule has 5 nitrogen and oxygen atoms in total. The van der Waals surface area contributed by atoms with Crippen LogP contribution in [0.25, 0.3) is 0 Å². The SMILES string of the molecule is CN=C(NCC1(c2ccccc2Cl)CCOCC1)NC1CC2CCC1O2. The van der Waals surface area contributed by atoms with Gasteiger partial charge in [0.05, 0.1) is 18.2 Å². The number of rotatable bonds is 4. The summed E-state index contributed by atoms with van der Waals surface area (Å²) in [4.78, 5) is 4.44. The number of guanidine groups is 1. The molecule has 26 heavy (non-hydrogen) atoms. The van der Waals surface area contributed by atoms with Crippen molar-refractivity contribution in [3.63, 3.8) is 0 Å². The Bertz CT molecular complexity index is 660.